The molecule has 16 heavy (non-hydrogen) atoms. The third kappa shape index (κ3) is 3.69. The molecule has 1 aromatic rings. The summed E-state index contributed by atoms with van der Waals surface area (Å²) in [5, 5.41) is 0. The molecule has 2 heteroatoms. The van der Waals surface area contributed by atoms with Crippen LogP contribution in [-0.4, -0.2) is 12.4 Å². The van der Waals surface area contributed by atoms with E-state index in [4.69, 9.17) is 4.74 Å². The van der Waals surface area contributed by atoms with Gasteiger partial charge in [-0.1, -0.05) is 27.7 Å². The average molecular weight is 220 g/mol. The van der Waals surface area contributed by atoms with Crippen molar-refractivity contribution in [1.82, 2.24) is 0 Å². The Morgan fingerprint density at radius 1 is 1.12 bits per heavy atom. The van der Waals surface area contributed by atoms with E-state index in [-0.39, 0.29) is 11.7 Å². The normalized spacial score (nSPS) is 10.9. The quantitative estimate of drug-likeness (QED) is 0.709. The summed E-state index contributed by atoms with van der Waals surface area (Å²) in [6, 6.07) is 7.38. The fraction of sp³-hybridized carbons (Fsp3) is 0.500. The predicted molar refractivity (Wildman–Crippen MR) is 65.9 cm³/mol. The maximum absolute atomic E-state index is 11.7. The first-order valence-corrected chi connectivity index (χ1v) is 5.77. The number of carbonyl (C=O) groups is 1. The Morgan fingerprint density at radius 2 is 1.69 bits per heavy atom. The summed E-state index contributed by atoms with van der Waals surface area (Å²) in [6.07, 6.45) is 0. The molecule has 0 atom stereocenters. The number of hydrogen-bond donors (Lipinski definition) is 0. The van der Waals surface area contributed by atoms with Gasteiger partial charge in [0.1, 0.15) is 5.75 Å². The first-order valence-electron chi connectivity index (χ1n) is 5.77. The highest BCUT2D eigenvalue weighted by Gasteiger charge is 2.09. The van der Waals surface area contributed by atoms with Crippen LogP contribution in [0, 0.1) is 11.8 Å². The minimum Gasteiger partial charge on any atom is -0.493 e. The van der Waals surface area contributed by atoms with Crippen molar-refractivity contribution in [1.29, 1.82) is 0 Å². The van der Waals surface area contributed by atoms with E-state index in [1.807, 2.05) is 38.1 Å². The van der Waals surface area contributed by atoms with Gasteiger partial charge in [0.25, 0.3) is 0 Å². The summed E-state index contributed by atoms with van der Waals surface area (Å²) in [5.41, 5.74) is 0.756. The Bertz CT molecular complexity index is 336. The lowest BCUT2D eigenvalue weighted by molar-refractivity contribution is 0.0939. The van der Waals surface area contributed by atoms with E-state index in [9.17, 15) is 4.79 Å². The number of Topliss-reactive ketones (excluding diaryl/α,β-unsaturated/α-hetero) is 1. The summed E-state index contributed by atoms with van der Waals surface area (Å²) in [7, 11) is 0. The molecule has 0 spiro atoms. The lowest BCUT2D eigenvalue weighted by Gasteiger charge is -2.09. The zero-order chi connectivity index (χ0) is 12.1. The molecule has 0 saturated heterocycles. The van der Waals surface area contributed by atoms with Crippen LogP contribution in [-0.2, 0) is 0 Å². The fourth-order valence-corrected chi connectivity index (χ4v) is 1.31. The van der Waals surface area contributed by atoms with Crippen LogP contribution >= 0.6 is 0 Å². The SMILES string of the molecule is CC(C)COc1ccc(C(=O)C(C)C)cc1. The highest BCUT2D eigenvalue weighted by molar-refractivity contribution is 5.97. The van der Waals surface area contributed by atoms with Gasteiger partial charge in [-0.15, -0.1) is 0 Å². The number of benzene rings is 1. The van der Waals surface area contributed by atoms with Gasteiger partial charge in [-0.2, -0.15) is 0 Å². The minimum atomic E-state index is 0.0439. The van der Waals surface area contributed by atoms with Crippen molar-refractivity contribution in [2.75, 3.05) is 6.61 Å². The topological polar surface area (TPSA) is 26.3 Å². The summed E-state index contributed by atoms with van der Waals surface area (Å²) in [5.74, 6) is 1.56. The Labute approximate surface area is 97.6 Å². The lowest BCUT2D eigenvalue weighted by atomic mass is 10.0. The molecular weight excluding hydrogens is 200 g/mol. The molecule has 0 aliphatic carbocycles. The lowest BCUT2D eigenvalue weighted by Crippen LogP contribution is -2.08. The summed E-state index contributed by atoms with van der Waals surface area (Å²) in [4.78, 5) is 11.7. The Morgan fingerprint density at radius 3 is 2.12 bits per heavy atom. The molecule has 0 saturated carbocycles. The van der Waals surface area contributed by atoms with Gasteiger partial charge in [0.05, 0.1) is 6.61 Å². The standard InChI is InChI=1S/C14H20O2/c1-10(2)9-16-13-7-5-12(6-8-13)14(15)11(3)4/h5-8,10-11H,9H2,1-4H3. The van der Waals surface area contributed by atoms with Crippen LogP contribution in [0.3, 0.4) is 0 Å². The molecule has 0 bridgehead atoms. The monoisotopic (exact) mass is 220 g/mol. The van der Waals surface area contributed by atoms with Gasteiger partial charge in [-0.05, 0) is 30.2 Å². The number of hydrogen-bond acceptors (Lipinski definition) is 2. The number of carbonyl (C=O) groups excluding carboxylic acids is 1. The number of rotatable bonds is 5. The molecule has 0 N–H and O–H groups in total. The second kappa shape index (κ2) is 5.69. The smallest absolute Gasteiger partial charge is 0.165 e. The van der Waals surface area contributed by atoms with Crippen molar-refractivity contribution < 1.29 is 9.53 Å². The molecule has 0 radical (unpaired) electrons. The average Bonchev–Trinajstić information content (AvgIpc) is 2.26. The highest BCUT2D eigenvalue weighted by atomic mass is 16.5. The van der Waals surface area contributed by atoms with Gasteiger partial charge in [0.15, 0.2) is 5.78 Å². The van der Waals surface area contributed by atoms with E-state index < -0.39 is 0 Å². The second-order valence-electron chi connectivity index (χ2n) is 4.75. The molecule has 0 unspecified atom stereocenters. The molecular formula is C14H20O2. The fourth-order valence-electron chi connectivity index (χ4n) is 1.31. The maximum atomic E-state index is 11.7. The Kier molecular flexibility index (Phi) is 4.53. The molecule has 88 valence electrons. The number of ether oxygens (including phenoxy) is 1. The van der Waals surface area contributed by atoms with Gasteiger partial charge in [-0.25, -0.2) is 0 Å². The van der Waals surface area contributed by atoms with Gasteiger partial charge in [0.2, 0.25) is 0 Å². The van der Waals surface area contributed by atoms with Gasteiger partial charge in [-0.3, -0.25) is 4.79 Å². The molecule has 0 heterocycles. The molecule has 1 aromatic carbocycles. The third-order valence-electron chi connectivity index (χ3n) is 2.25. The van der Waals surface area contributed by atoms with Gasteiger partial charge >= 0.3 is 0 Å². The maximum Gasteiger partial charge on any atom is 0.165 e. The molecule has 0 aliphatic rings. The van der Waals surface area contributed by atoms with Crippen LogP contribution in [0.25, 0.3) is 0 Å². The Hall–Kier alpha value is -1.31. The van der Waals surface area contributed by atoms with Crippen molar-refractivity contribution in [2.45, 2.75) is 27.7 Å². The van der Waals surface area contributed by atoms with E-state index in [2.05, 4.69) is 13.8 Å². The van der Waals surface area contributed by atoms with Crippen molar-refractivity contribution in [3.63, 3.8) is 0 Å². The third-order valence-corrected chi connectivity index (χ3v) is 2.25. The summed E-state index contributed by atoms with van der Waals surface area (Å²) < 4.78 is 5.55. The van der Waals surface area contributed by atoms with E-state index in [1.165, 1.54) is 0 Å². The largest absolute Gasteiger partial charge is 0.493 e. The van der Waals surface area contributed by atoms with Gasteiger partial charge < -0.3 is 4.74 Å². The predicted octanol–water partition coefficient (Wildman–Crippen LogP) is 3.56. The molecule has 1 rings (SSSR count). The second-order valence-corrected chi connectivity index (χ2v) is 4.75. The zero-order valence-electron chi connectivity index (χ0n) is 10.5. The van der Waals surface area contributed by atoms with E-state index in [0.29, 0.717) is 12.5 Å². The zero-order valence-corrected chi connectivity index (χ0v) is 10.5. The molecule has 0 aliphatic heterocycles. The van der Waals surface area contributed by atoms with E-state index >= 15 is 0 Å². The molecule has 0 fully saturated rings. The first-order chi connectivity index (χ1) is 7.50. The van der Waals surface area contributed by atoms with Crippen molar-refractivity contribution >= 4 is 5.78 Å². The van der Waals surface area contributed by atoms with E-state index in [0.717, 1.165) is 11.3 Å². The van der Waals surface area contributed by atoms with Crippen molar-refractivity contribution in [2.24, 2.45) is 11.8 Å². The minimum absolute atomic E-state index is 0.0439. The summed E-state index contributed by atoms with van der Waals surface area (Å²) in [6.45, 7) is 8.74. The van der Waals surface area contributed by atoms with Gasteiger partial charge in [0, 0.05) is 11.5 Å². The van der Waals surface area contributed by atoms with Crippen molar-refractivity contribution in [3.05, 3.63) is 29.8 Å². The van der Waals surface area contributed by atoms with Crippen LogP contribution in [0.2, 0.25) is 0 Å². The van der Waals surface area contributed by atoms with E-state index in [1.54, 1.807) is 0 Å². The van der Waals surface area contributed by atoms with Crippen LogP contribution < -0.4 is 4.74 Å². The molecule has 2 nitrogen and oxygen atoms in total. The first kappa shape index (κ1) is 12.8. The van der Waals surface area contributed by atoms with Crippen LogP contribution in [0.1, 0.15) is 38.1 Å². The molecule has 0 amide bonds. The van der Waals surface area contributed by atoms with Crippen LogP contribution in [0.15, 0.2) is 24.3 Å². The van der Waals surface area contributed by atoms with Crippen LogP contribution in [0.4, 0.5) is 0 Å². The Balaban J connectivity index is 2.64. The van der Waals surface area contributed by atoms with Crippen LogP contribution in [0.5, 0.6) is 5.75 Å². The summed E-state index contributed by atoms with van der Waals surface area (Å²) >= 11 is 0. The molecule has 0 aromatic heterocycles. The van der Waals surface area contributed by atoms with Crippen molar-refractivity contribution in [3.8, 4) is 5.75 Å². The number of ketones is 1. The highest BCUT2D eigenvalue weighted by Crippen LogP contribution is 2.15.